The molecule has 1 aromatic heterocycles. The highest BCUT2D eigenvalue weighted by Gasteiger charge is 2.01. The van der Waals surface area contributed by atoms with Gasteiger partial charge >= 0.3 is 0 Å². The average Bonchev–Trinajstić information content (AvgIpc) is 2.26. The highest BCUT2D eigenvalue weighted by molar-refractivity contribution is 5.74. The number of hydrogen-bond donors (Lipinski definition) is 1. The summed E-state index contributed by atoms with van der Waals surface area (Å²) in [5.41, 5.74) is 8.37. The van der Waals surface area contributed by atoms with E-state index in [9.17, 15) is 0 Å². The summed E-state index contributed by atoms with van der Waals surface area (Å²) >= 11 is 0. The van der Waals surface area contributed by atoms with Crippen LogP contribution in [0.3, 0.4) is 0 Å². The van der Waals surface area contributed by atoms with Gasteiger partial charge in [-0.15, -0.1) is 10.2 Å². The summed E-state index contributed by atoms with van der Waals surface area (Å²) in [4.78, 5) is 4.42. The Hall–Kier alpha value is -1.55. The van der Waals surface area contributed by atoms with Crippen LogP contribution >= 0.6 is 0 Å². The normalized spacial score (nSPS) is 10.8. The Kier molecular flexibility index (Phi) is 2.87. The molecule has 1 heterocycles. The zero-order valence-electron chi connectivity index (χ0n) is 8.77. The Morgan fingerprint density at radius 2 is 2.07 bits per heavy atom. The molecule has 0 radical (unpaired) electrons. The van der Waals surface area contributed by atoms with Crippen molar-refractivity contribution in [1.82, 2.24) is 15.2 Å². The summed E-state index contributed by atoms with van der Waals surface area (Å²) in [5, 5.41) is 8.21. The van der Waals surface area contributed by atoms with Crippen LogP contribution in [-0.2, 0) is 6.42 Å². The number of fused-ring (bicyclic) bond motifs is 1. The predicted octanol–water partition coefficient (Wildman–Crippen LogP) is 1.22. The molecule has 2 rings (SSSR count). The minimum Gasteiger partial charge on any atom is -0.330 e. The van der Waals surface area contributed by atoms with Crippen molar-refractivity contribution in [2.24, 2.45) is 5.73 Å². The fourth-order valence-electron chi connectivity index (χ4n) is 1.45. The van der Waals surface area contributed by atoms with Crippen LogP contribution in [0.5, 0.6) is 0 Å². The fourth-order valence-corrected chi connectivity index (χ4v) is 1.45. The van der Waals surface area contributed by atoms with E-state index in [4.69, 9.17) is 5.73 Å². The molecule has 0 amide bonds. The summed E-state index contributed by atoms with van der Waals surface area (Å²) < 4.78 is 0. The van der Waals surface area contributed by atoms with Crippen molar-refractivity contribution in [2.45, 2.75) is 19.8 Å². The van der Waals surface area contributed by atoms with E-state index >= 15 is 0 Å². The second-order valence-electron chi connectivity index (χ2n) is 3.61. The van der Waals surface area contributed by atoms with Gasteiger partial charge in [0.2, 0.25) is 0 Å². The van der Waals surface area contributed by atoms with Gasteiger partial charge in [-0.25, -0.2) is 4.98 Å². The van der Waals surface area contributed by atoms with Crippen molar-refractivity contribution < 1.29 is 0 Å². The second kappa shape index (κ2) is 4.31. The lowest BCUT2D eigenvalue weighted by Gasteiger charge is -2.00. The Morgan fingerprint density at radius 3 is 2.87 bits per heavy atom. The van der Waals surface area contributed by atoms with Gasteiger partial charge in [0.25, 0.3) is 0 Å². The van der Waals surface area contributed by atoms with Crippen molar-refractivity contribution >= 4 is 11.0 Å². The van der Waals surface area contributed by atoms with Gasteiger partial charge in [0.1, 0.15) is 5.52 Å². The van der Waals surface area contributed by atoms with Crippen molar-refractivity contribution in [3.63, 3.8) is 0 Å². The first-order chi connectivity index (χ1) is 7.29. The number of aryl methyl sites for hydroxylation is 2. The maximum absolute atomic E-state index is 5.43. The van der Waals surface area contributed by atoms with E-state index < -0.39 is 0 Å². The Bertz CT molecular complexity index is 467. The molecule has 4 heteroatoms. The molecule has 0 saturated heterocycles. The quantitative estimate of drug-likeness (QED) is 0.812. The minimum absolute atomic E-state index is 0.662. The summed E-state index contributed by atoms with van der Waals surface area (Å²) in [7, 11) is 0. The van der Waals surface area contributed by atoms with Gasteiger partial charge in [0, 0.05) is 6.42 Å². The van der Waals surface area contributed by atoms with E-state index in [1.807, 2.05) is 25.1 Å². The molecule has 0 atom stereocenters. The van der Waals surface area contributed by atoms with Gasteiger partial charge in [-0.2, -0.15) is 0 Å². The molecular weight excluding hydrogens is 188 g/mol. The maximum Gasteiger partial charge on any atom is 0.151 e. The van der Waals surface area contributed by atoms with Crippen molar-refractivity contribution in [1.29, 1.82) is 0 Å². The summed E-state index contributed by atoms with van der Waals surface area (Å²) in [6.45, 7) is 2.69. The van der Waals surface area contributed by atoms with Crippen LogP contribution in [0.25, 0.3) is 11.0 Å². The van der Waals surface area contributed by atoms with Crippen LogP contribution in [0.1, 0.15) is 17.8 Å². The highest BCUT2D eigenvalue weighted by Crippen LogP contribution is 2.10. The monoisotopic (exact) mass is 202 g/mol. The van der Waals surface area contributed by atoms with Crippen molar-refractivity contribution in [2.75, 3.05) is 6.54 Å². The first-order valence-electron chi connectivity index (χ1n) is 5.09. The summed E-state index contributed by atoms with van der Waals surface area (Å²) in [5.74, 6) is 0.775. The van der Waals surface area contributed by atoms with Crippen molar-refractivity contribution in [3.05, 3.63) is 29.6 Å². The average molecular weight is 202 g/mol. The van der Waals surface area contributed by atoms with E-state index in [2.05, 4.69) is 15.2 Å². The first kappa shape index (κ1) is 9.98. The number of nitrogens with zero attached hydrogens (tertiary/aromatic N) is 3. The first-order valence-corrected chi connectivity index (χ1v) is 5.09. The highest BCUT2D eigenvalue weighted by atomic mass is 15.1. The third-order valence-electron chi connectivity index (χ3n) is 2.26. The predicted molar refractivity (Wildman–Crippen MR) is 59.4 cm³/mol. The van der Waals surface area contributed by atoms with Gasteiger partial charge in [-0.05, 0) is 37.6 Å². The molecule has 2 N–H and O–H groups in total. The molecule has 0 aliphatic heterocycles. The van der Waals surface area contributed by atoms with E-state index in [-0.39, 0.29) is 0 Å². The largest absolute Gasteiger partial charge is 0.330 e. The SMILES string of the molecule is Cc1ccc2nc(CCCN)nnc2c1. The smallest absolute Gasteiger partial charge is 0.151 e. The number of benzene rings is 1. The lowest BCUT2D eigenvalue weighted by molar-refractivity contribution is 0.764. The van der Waals surface area contributed by atoms with Gasteiger partial charge < -0.3 is 5.73 Å². The zero-order valence-corrected chi connectivity index (χ0v) is 8.77. The van der Waals surface area contributed by atoms with Gasteiger partial charge in [0.15, 0.2) is 5.82 Å². The van der Waals surface area contributed by atoms with Gasteiger partial charge in [-0.3, -0.25) is 0 Å². The number of rotatable bonds is 3. The van der Waals surface area contributed by atoms with Crippen LogP contribution in [-0.4, -0.2) is 21.7 Å². The molecule has 0 saturated carbocycles. The number of nitrogens with two attached hydrogens (primary N) is 1. The molecule has 0 spiro atoms. The molecular formula is C11H14N4. The minimum atomic E-state index is 0.662. The molecule has 78 valence electrons. The molecule has 0 aliphatic carbocycles. The third kappa shape index (κ3) is 2.27. The lowest BCUT2D eigenvalue weighted by atomic mass is 10.2. The van der Waals surface area contributed by atoms with E-state index in [1.165, 1.54) is 5.56 Å². The molecule has 2 aromatic rings. The standard InChI is InChI=1S/C11H14N4/c1-8-4-5-9-10(7-8)14-15-11(13-9)3-2-6-12/h4-5,7H,2-3,6,12H2,1H3. The molecule has 0 fully saturated rings. The van der Waals surface area contributed by atoms with Crippen LogP contribution in [0.15, 0.2) is 18.2 Å². The van der Waals surface area contributed by atoms with Crippen LogP contribution < -0.4 is 5.73 Å². The maximum atomic E-state index is 5.43. The van der Waals surface area contributed by atoms with Crippen LogP contribution in [0, 0.1) is 6.92 Å². The fraction of sp³-hybridized carbons (Fsp3) is 0.364. The molecule has 4 nitrogen and oxygen atoms in total. The van der Waals surface area contributed by atoms with Gasteiger partial charge in [0.05, 0.1) is 5.52 Å². The Morgan fingerprint density at radius 1 is 1.20 bits per heavy atom. The summed E-state index contributed by atoms with van der Waals surface area (Å²) in [6, 6.07) is 6.00. The number of aromatic nitrogens is 3. The lowest BCUT2D eigenvalue weighted by Crippen LogP contribution is -2.04. The summed E-state index contributed by atoms with van der Waals surface area (Å²) in [6.07, 6.45) is 1.70. The molecule has 0 unspecified atom stereocenters. The van der Waals surface area contributed by atoms with Crippen LogP contribution in [0.4, 0.5) is 0 Å². The molecule has 0 bridgehead atoms. The second-order valence-corrected chi connectivity index (χ2v) is 3.61. The third-order valence-corrected chi connectivity index (χ3v) is 2.26. The Labute approximate surface area is 88.5 Å². The van der Waals surface area contributed by atoms with Gasteiger partial charge in [-0.1, -0.05) is 6.07 Å². The zero-order chi connectivity index (χ0) is 10.7. The van der Waals surface area contributed by atoms with E-state index in [1.54, 1.807) is 0 Å². The topological polar surface area (TPSA) is 64.7 Å². The number of hydrogen-bond acceptors (Lipinski definition) is 4. The molecule has 1 aromatic carbocycles. The van der Waals surface area contributed by atoms with Crippen molar-refractivity contribution in [3.8, 4) is 0 Å². The Balaban J connectivity index is 2.34. The van der Waals surface area contributed by atoms with E-state index in [0.717, 1.165) is 29.7 Å². The molecule has 15 heavy (non-hydrogen) atoms. The molecule has 0 aliphatic rings. The van der Waals surface area contributed by atoms with E-state index in [0.29, 0.717) is 6.54 Å². The van der Waals surface area contributed by atoms with Crippen LogP contribution in [0.2, 0.25) is 0 Å².